The molecule has 20 atom stereocenters. The van der Waals surface area contributed by atoms with Crippen molar-refractivity contribution < 1.29 is 83.2 Å². The van der Waals surface area contributed by atoms with Crippen molar-refractivity contribution in [3.05, 3.63) is 35.9 Å². The van der Waals surface area contributed by atoms with Crippen LogP contribution in [0.25, 0.3) is 0 Å². The molecule has 4 fully saturated rings. The maximum absolute atomic E-state index is 12.8. The summed E-state index contributed by atoms with van der Waals surface area (Å²) in [6.07, 6.45) is -21.0. The lowest BCUT2D eigenvalue weighted by molar-refractivity contribution is -0.390. The highest BCUT2D eigenvalue weighted by Gasteiger charge is 2.56. The Morgan fingerprint density at radius 3 is 1.89 bits per heavy atom. The normalized spacial score (nSPS) is 44.7. The average Bonchev–Trinajstić information content (AvgIpc) is 3.18. The highest BCUT2D eigenvalue weighted by molar-refractivity contribution is 5.73. The van der Waals surface area contributed by atoms with E-state index in [1.54, 1.807) is 13.8 Å². The monoisotopic (exact) mass is 803 g/mol. The zero-order valence-electron chi connectivity index (χ0n) is 32.7. The fourth-order valence-corrected chi connectivity index (χ4v) is 7.57. The quantitative estimate of drug-likeness (QED) is 0.102. The predicted molar refractivity (Wildman–Crippen MR) is 192 cm³/mol. The van der Waals surface area contributed by atoms with Gasteiger partial charge in [0.05, 0.1) is 38.1 Å². The molecule has 18 heteroatoms. The van der Waals surface area contributed by atoms with Gasteiger partial charge in [0.2, 0.25) is 5.91 Å². The molecular formula is C38H61NO17. The summed E-state index contributed by atoms with van der Waals surface area (Å²) in [5.41, 5.74) is 0.810. The van der Waals surface area contributed by atoms with Gasteiger partial charge in [-0.2, -0.15) is 0 Å². The summed E-state index contributed by atoms with van der Waals surface area (Å²) in [6.45, 7) is 9.14. The van der Waals surface area contributed by atoms with Gasteiger partial charge in [-0.15, -0.1) is 0 Å². The van der Waals surface area contributed by atoms with Crippen molar-refractivity contribution in [1.82, 2.24) is 5.32 Å². The van der Waals surface area contributed by atoms with Crippen LogP contribution in [-0.2, 0) is 54.0 Å². The Labute approximate surface area is 326 Å². The second kappa shape index (κ2) is 20.3. The highest BCUT2D eigenvalue weighted by Crippen LogP contribution is 2.38. The van der Waals surface area contributed by atoms with Crippen LogP contribution in [0.4, 0.5) is 0 Å². The third-order valence-electron chi connectivity index (χ3n) is 11.1. The van der Waals surface area contributed by atoms with Crippen LogP contribution in [0, 0.1) is 11.8 Å². The van der Waals surface area contributed by atoms with Crippen LogP contribution < -0.4 is 5.32 Å². The molecule has 0 aromatic heterocycles. The molecule has 0 radical (unpaired) electrons. The smallest absolute Gasteiger partial charge is 0.217 e. The lowest BCUT2D eigenvalue weighted by atomic mass is 9.85. The summed E-state index contributed by atoms with van der Waals surface area (Å²) in [6, 6.07) is 8.01. The molecule has 8 unspecified atom stereocenters. The van der Waals surface area contributed by atoms with Gasteiger partial charge in [0, 0.05) is 19.4 Å². The van der Waals surface area contributed by atoms with E-state index in [4.69, 9.17) is 42.6 Å². The van der Waals surface area contributed by atoms with Crippen LogP contribution in [0.15, 0.2) is 30.3 Å². The Morgan fingerprint density at radius 1 is 0.643 bits per heavy atom. The van der Waals surface area contributed by atoms with Crippen LogP contribution in [0.3, 0.4) is 0 Å². The van der Waals surface area contributed by atoms with E-state index in [1.807, 2.05) is 51.1 Å². The first-order valence-electron chi connectivity index (χ1n) is 19.4. The van der Waals surface area contributed by atoms with Crippen molar-refractivity contribution in [3.8, 4) is 0 Å². The molecule has 4 aliphatic heterocycles. The van der Waals surface area contributed by atoms with Gasteiger partial charge < -0.3 is 83.7 Å². The summed E-state index contributed by atoms with van der Waals surface area (Å²) in [4.78, 5) is 12.8. The van der Waals surface area contributed by atoms with E-state index in [0.717, 1.165) is 5.56 Å². The Bertz CT molecular complexity index is 1350. The lowest BCUT2D eigenvalue weighted by Gasteiger charge is -2.51. The van der Waals surface area contributed by atoms with Gasteiger partial charge in [-0.3, -0.25) is 4.79 Å². The summed E-state index contributed by atoms with van der Waals surface area (Å²) in [5, 5.41) is 77.5. The molecule has 4 saturated heterocycles. The number of rotatable bonds is 15. The molecule has 0 spiro atoms. The van der Waals surface area contributed by atoms with E-state index in [1.165, 1.54) is 6.92 Å². The molecule has 5 rings (SSSR count). The summed E-state index contributed by atoms with van der Waals surface area (Å²) < 4.78 is 56.4. The Balaban J connectivity index is 1.53. The maximum Gasteiger partial charge on any atom is 0.217 e. The second-order valence-electron chi connectivity index (χ2n) is 15.2. The number of aliphatic hydroxyl groups is 7. The minimum Gasteiger partial charge on any atom is -0.394 e. The van der Waals surface area contributed by atoms with Crippen LogP contribution >= 0.6 is 0 Å². The number of nitrogens with one attached hydrogen (secondary N) is 1. The van der Waals surface area contributed by atoms with Gasteiger partial charge in [-0.25, -0.2) is 0 Å². The van der Waals surface area contributed by atoms with Crippen LogP contribution in [0.2, 0.25) is 0 Å². The average molecular weight is 804 g/mol. The number of benzene rings is 1. The minimum absolute atomic E-state index is 0.0786. The van der Waals surface area contributed by atoms with Gasteiger partial charge in [0.1, 0.15) is 67.1 Å². The molecule has 4 heterocycles. The highest BCUT2D eigenvalue weighted by atomic mass is 16.8. The molecule has 1 amide bonds. The van der Waals surface area contributed by atoms with E-state index >= 15 is 0 Å². The van der Waals surface area contributed by atoms with E-state index in [-0.39, 0.29) is 25.0 Å². The number of carbonyl (C=O) groups is 1. The molecule has 1 aromatic carbocycles. The molecule has 0 saturated carbocycles. The van der Waals surface area contributed by atoms with Gasteiger partial charge in [0.25, 0.3) is 0 Å². The number of ether oxygens (including phenoxy) is 9. The molecular weight excluding hydrogens is 742 g/mol. The van der Waals surface area contributed by atoms with Crippen molar-refractivity contribution in [2.24, 2.45) is 11.8 Å². The largest absolute Gasteiger partial charge is 0.394 e. The third kappa shape index (κ3) is 10.2. The van der Waals surface area contributed by atoms with Crippen LogP contribution in [0.1, 0.15) is 53.5 Å². The Kier molecular flexibility index (Phi) is 16.4. The van der Waals surface area contributed by atoms with E-state index in [9.17, 15) is 40.5 Å². The van der Waals surface area contributed by atoms with Gasteiger partial charge in [-0.05, 0) is 31.7 Å². The second-order valence-corrected chi connectivity index (χ2v) is 15.2. The van der Waals surface area contributed by atoms with E-state index in [0.29, 0.717) is 6.42 Å². The standard InChI is InChI=1S/C38H61NO17/c1-7-13-48-38-34(56-36-25(39-21(6)42)32(28(45)24(15-41)52-36)54-35-18(3)17(2)26(43)19(4)50-35)33(55-37-30(47)29(46)27(44)23(14-40)53-37)31(20(5)51-38)49-16-22-11-9-8-10-12-22/h8-12,17-20,23-38,40-41,43-47H,7,13-16H2,1-6H3,(H,39,42)/t17-,18?,19?,20?,23+,24?,25+,26-,27-,28-,29?,30?,31+,32?,33+,34?,35+,36+,37-,38-/m1/s1. The number of carbonyl (C=O) groups excluding carboxylic acids is 1. The Morgan fingerprint density at radius 2 is 1.25 bits per heavy atom. The van der Waals surface area contributed by atoms with E-state index in [2.05, 4.69) is 5.32 Å². The third-order valence-corrected chi connectivity index (χ3v) is 11.1. The fourth-order valence-electron chi connectivity index (χ4n) is 7.57. The topological polar surface area (TPSA) is 254 Å². The molecule has 4 aliphatic rings. The molecule has 0 bridgehead atoms. The Hall–Kier alpha value is -1.95. The first-order chi connectivity index (χ1) is 26.7. The van der Waals surface area contributed by atoms with Crippen LogP contribution in [-0.4, -0.2) is 172 Å². The van der Waals surface area contributed by atoms with Crippen molar-refractivity contribution >= 4 is 5.91 Å². The fraction of sp³-hybridized carbons (Fsp3) is 0.816. The zero-order valence-corrected chi connectivity index (χ0v) is 32.7. The lowest BCUT2D eigenvalue weighted by Crippen LogP contribution is -2.69. The molecule has 8 N–H and O–H groups in total. The molecule has 0 aliphatic carbocycles. The summed E-state index contributed by atoms with van der Waals surface area (Å²) in [5.74, 6) is -1.15. The number of hydrogen-bond acceptors (Lipinski definition) is 17. The van der Waals surface area contributed by atoms with Gasteiger partial charge in [-0.1, -0.05) is 51.1 Å². The molecule has 1 aromatic rings. The van der Waals surface area contributed by atoms with Crippen molar-refractivity contribution in [2.75, 3.05) is 19.8 Å². The summed E-state index contributed by atoms with van der Waals surface area (Å²) in [7, 11) is 0. The van der Waals surface area contributed by atoms with Crippen molar-refractivity contribution in [1.29, 1.82) is 0 Å². The predicted octanol–water partition coefficient (Wildman–Crippen LogP) is -1.34. The maximum atomic E-state index is 12.8. The summed E-state index contributed by atoms with van der Waals surface area (Å²) >= 11 is 0. The minimum atomic E-state index is -1.79. The van der Waals surface area contributed by atoms with Crippen molar-refractivity contribution in [2.45, 2.75) is 165 Å². The SMILES string of the molecule is CCCO[C@@H]1OC(C)[C@H](OCc2ccccc2)[C@H](O[C@H]2O[C@@H](CO)[C@@H](O)C(O)C2O)C1O[C@@H]1OC(CO)[C@@H](O)C(O[C@@H]2OC(C)[C@H](O)[C@H](C)C2C)[C@@H]1NC(C)=O. The van der Waals surface area contributed by atoms with Gasteiger partial charge in [0.15, 0.2) is 25.2 Å². The number of aliphatic hydroxyl groups excluding tert-OH is 7. The molecule has 320 valence electrons. The van der Waals surface area contributed by atoms with E-state index < -0.39 is 130 Å². The van der Waals surface area contributed by atoms with Crippen LogP contribution in [0.5, 0.6) is 0 Å². The first-order valence-corrected chi connectivity index (χ1v) is 19.4. The molecule has 18 nitrogen and oxygen atoms in total. The first kappa shape index (κ1) is 45.1. The number of hydrogen-bond donors (Lipinski definition) is 8. The number of amides is 1. The molecule has 56 heavy (non-hydrogen) atoms. The van der Waals surface area contributed by atoms with Crippen molar-refractivity contribution in [3.63, 3.8) is 0 Å². The zero-order chi connectivity index (χ0) is 40.8. The van der Waals surface area contributed by atoms with Gasteiger partial charge >= 0.3 is 0 Å².